The Hall–Kier alpha value is -4.80. The van der Waals surface area contributed by atoms with Gasteiger partial charge < -0.3 is 15.5 Å². The van der Waals surface area contributed by atoms with Gasteiger partial charge in [0.15, 0.2) is 0 Å². The van der Waals surface area contributed by atoms with Crippen LogP contribution in [0, 0.1) is 34.6 Å². The van der Waals surface area contributed by atoms with Gasteiger partial charge in [-0.25, -0.2) is 0 Å². The highest BCUT2D eigenvalue weighted by Crippen LogP contribution is 2.22. The summed E-state index contributed by atoms with van der Waals surface area (Å²) in [5, 5.41) is 0. The van der Waals surface area contributed by atoms with Crippen molar-refractivity contribution in [1.82, 2.24) is 0 Å². The van der Waals surface area contributed by atoms with Crippen molar-refractivity contribution in [2.45, 2.75) is 73.1 Å². The van der Waals surface area contributed by atoms with Crippen LogP contribution in [0.4, 0.5) is 17.1 Å². The fourth-order valence-corrected chi connectivity index (χ4v) is 4.75. The van der Waals surface area contributed by atoms with E-state index in [2.05, 4.69) is 86.9 Å². The molecule has 9 heteroatoms. The van der Waals surface area contributed by atoms with Gasteiger partial charge in [0.1, 0.15) is 0 Å². The molecule has 242 valence electrons. The zero-order valence-corrected chi connectivity index (χ0v) is 27.3. The Labute approximate surface area is 267 Å². The van der Waals surface area contributed by atoms with Crippen molar-refractivity contribution in [3.05, 3.63) is 88.5 Å². The standard InChI is InChI=1S/C13H19N.C12H17N.C8H11N.3CO2/c1-11-6-7-13(10-12(11)2)14-8-4-3-5-9-14;1-11-5-7-12(8-6-11)13-9-3-2-4-10-13;1-6-3-4-8(9)5-7(6)2;3*2-1-3/h6-7,10H,3-5,8-9H2,1-2H3;5-8H,2-4,9-10H2,1H3;3-5H,9H2,1-2H3;;;. The molecule has 0 aromatic heterocycles. The summed E-state index contributed by atoms with van der Waals surface area (Å²) in [6.45, 7) is 15.6. The third kappa shape index (κ3) is 17.8. The Morgan fingerprint density at radius 3 is 1.20 bits per heavy atom. The number of piperidine rings is 2. The Kier molecular flexibility index (Phi) is 22.0. The summed E-state index contributed by atoms with van der Waals surface area (Å²) in [7, 11) is 0. The normalized spacial score (nSPS) is 12.8. The summed E-state index contributed by atoms with van der Waals surface area (Å²) in [6, 6.07) is 21.6. The maximum atomic E-state index is 8.12. The van der Waals surface area contributed by atoms with Crippen LogP contribution in [-0.2, 0) is 28.8 Å². The number of nitrogens with zero attached hydrogens (tertiary/aromatic N) is 2. The van der Waals surface area contributed by atoms with E-state index >= 15 is 0 Å². The molecule has 2 N–H and O–H groups in total. The second-order valence-corrected chi connectivity index (χ2v) is 10.8. The molecule has 5 rings (SSSR count). The fourth-order valence-electron chi connectivity index (χ4n) is 4.75. The molecule has 0 amide bonds. The van der Waals surface area contributed by atoms with E-state index in [1.807, 2.05) is 18.2 Å². The zero-order valence-electron chi connectivity index (χ0n) is 27.3. The number of carbonyl (C=O) groups excluding carboxylic acids is 6. The monoisotopic (exact) mass is 617 g/mol. The molecule has 45 heavy (non-hydrogen) atoms. The number of hydrogen-bond acceptors (Lipinski definition) is 9. The topological polar surface area (TPSA) is 135 Å². The molecule has 2 aliphatic rings. The van der Waals surface area contributed by atoms with Crippen molar-refractivity contribution < 1.29 is 28.8 Å². The molecule has 9 nitrogen and oxygen atoms in total. The largest absolute Gasteiger partial charge is 0.399 e. The molecule has 2 saturated heterocycles. The number of nitrogen functional groups attached to an aromatic ring is 1. The van der Waals surface area contributed by atoms with Crippen molar-refractivity contribution in [3.8, 4) is 0 Å². The molecule has 2 aliphatic heterocycles. The lowest BCUT2D eigenvalue weighted by molar-refractivity contribution is -0.193. The number of nitrogens with two attached hydrogens (primary N) is 1. The first-order valence-electron chi connectivity index (χ1n) is 15.0. The smallest absolute Gasteiger partial charge is 0.373 e. The molecular weight excluding hydrogens is 570 g/mol. The lowest BCUT2D eigenvalue weighted by Gasteiger charge is -2.29. The van der Waals surface area contributed by atoms with E-state index in [0.717, 1.165) is 5.69 Å². The van der Waals surface area contributed by atoms with E-state index in [0.29, 0.717) is 0 Å². The minimum Gasteiger partial charge on any atom is -0.399 e. The quantitative estimate of drug-likeness (QED) is 0.323. The fraction of sp³-hybridized carbons (Fsp3) is 0.417. The second kappa shape index (κ2) is 24.6. The SMILES string of the molecule is Cc1ccc(N)cc1C.Cc1ccc(N2CCCCC2)cc1.Cc1ccc(N2CCCCC2)cc1C.O=C=O.O=C=O.O=C=O. The number of rotatable bonds is 2. The summed E-state index contributed by atoms with van der Waals surface area (Å²) in [5.74, 6) is 0. The Balaban J connectivity index is 0.000000578. The molecule has 2 heterocycles. The maximum absolute atomic E-state index is 8.12. The van der Waals surface area contributed by atoms with E-state index in [1.165, 1.54) is 104 Å². The van der Waals surface area contributed by atoms with Crippen molar-refractivity contribution in [3.63, 3.8) is 0 Å². The molecule has 0 bridgehead atoms. The predicted molar refractivity (Wildman–Crippen MR) is 175 cm³/mol. The van der Waals surface area contributed by atoms with E-state index in [-0.39, 0.29) is 18.5 Å². The van der Waals surface area contributed by atoms with Gasteiger partial charge in [-0.15, -0.1) is 0 Å². The molecule has 3 aromatic carbocycles. The minimum atomic E-state index is 0.250. The van der Waals surface area contributed by atoms with Gasteiger partial charge in [-0.3, -0.25) is 0 Å². The zero-order chi connectivity index (χ0) is 34.0. The highest BCUT2D eigenvalue weighted by Gasteiger charge is 2.11. The average molecular weight is 618 g/mol. The van der Waals surface area contributed by atoms with Crippen LogP contribution in [0.25, 0.3) is 0 Å². The number of anilines is 3. The summed E-state index contributed by atoms with van der Waals surface area (Å²) in [4.78, 5) is 53.7. The first-order chi connectivity index (χ1) is 21.6. The molecule has 0 atom stereocenters. The molecule has 0 spiro atoms. The second-order valence-electron chi connectivity index (χ2n) is 10.8. The summed E-state index contributed by atoms with van der Waals surface area (Å²) in [6.07, 6.45) is 8.98. The van der Waals surface area contributed by atoms with Crippen LogP contribution in [0.1, 0.15) is 66.3 Å². The van der Waals surface area contributed by atoms with Crippen LogP contribution in [-0.4, -0.2) is 44.6 Å². The Morgan fingerprint density at radius 1 is 0.467 bits per heavy atom. The van der Waals surface area contributed by atoms with Gasteiger partial charge in [-0.05, 0) is 132 Å². The van der Waals surface area contributed by atoms with E-state index in [1.54, 1.807) is 0 Å². The lowest BCUT2D eigenvalue weighted by atomic mass is 10.1. The van der Waals surface area contributed by atoms with Crippen LogP contribution in [0.3, 0.4) is 0 Å². The number of benzene rings is 3. The molecule has 2 fully saturated rings. The van der Waals surface area contributed by atoms with Crippen molar-refractivity contribution >= 4 is 35.5 Å². The highest BCUT2D eigenvalue weighted by molar-refractivity contribution is 5.51. The van der Waals surface area contributed by atoms with Gasteiger partial charge in [0.2, 0.25) is 0 Å². The number of aryl methyl sites for hydroxylation is 5. The summed E-state index contributed by atoms with van der Waals surface area (Å²) >= 11 is 0. The van der Waals surface area contributed by atoms with Crippen molar-refractivity contribution in [1.29, 1.82) is 0 Å². The van der Waals surface area contributed by atoms with Gasteiger partial charge in [-0.1, -0.05) is 29.8 Å². The first-order valence-corrected chi connectivity index (χ1v) is 15.0. The van der Waals surface area contributed by atoms with Crippen LogP contribution >= 0.6 is 0 Å². The molecule has 0 aliphatic carbocycles. The minimum absolute atomic E-state index is 0.250. The summed E-state index contributed by atoms with van der Waals surface area (Å²) < 4.78 is 0. The molecular formula is C36H47N3O6. The van der Waals surface area contributed by atoms with E-state index in [9.17, 15) is 0 Å². The van der Waals surface area contributed by atoms with Crippen molar-refractivity contribution in [2.75, 3.05) is 41.7 Å². The third-order valence-electron chi connectivity index (χ3n) is 7.50. The molecule has 0 radical (unpaired) electrons. The van der Waals surface area contributed by atoms with Gasteiger partial charge in [0.25, 0.3) is 0 Å². The maximum Gasteiger partial charge on any atom is 0.373 e. The molecule has 0 unspecified atom stereocenters. The van der Waals surface area contributed by atoms with Crippen LogP contribution in [0.2, 0.25) is 0 Å². The van der Waals surface area contributed by atoms with Crippen LogP contribution in [0.5, 0.6) is 0 Å². The third-order valence-corrected chi connectivity index (χ3v) is 7.50. The van der Waals surface area contributed by atoms with Crippen LogP contribution < -0.4 is 15.5 Å². The van der Waals surface area contributed by atoms with Gasteiger partial charge in [-0.2, -0.15) is 28.8 Å². The van der Waals surface area contributed by atoms with Gasteiger partial charge >= 0.3 is 18.5 Å². The predicted octanol–water partition coefficient (Wildman–Crippen LogP) is 6.41. The summed E-state index contributed by atoms with van der Waals surface area (Å²) in [5.41, 5.74) is 15.9. The first kappa shape index (κ1) is 40.2. The molecule has 0 saturated carbocycles. The van der Waals surface area contributed by atoms with E-state index < -0.39 is 0 Å². The lowest BCUT2D eigenvalue weighted by Crippen LogP contribution is -2.29. The van der Waals surface area contributed by atoms with Gasteiger partial charge in [0, 0.05) is 43.2 Å². The number of hydrogen-bond donors (Lipinski definition) is 1. The van der Waals surface area contributed by atoms with Crippen LogP contribution in [0.15, 0.2) is 60.7 Å². The highest BCUT2D eigenvalue weighted by atomic mass is 16.2. The Bertz CT molecular complexity index is 1320. The van der Waals surface area contributed by atoms with Crippen molar-refractivity contribution in [2.24, 2.45) is 0 Å². The van der Waals surface area contributed by atoms with E-state index in [4.69, 9.17) is 34.5 Å². The molecule has 3 aromatic rings. The average Bonchev–Trinajstić information content (AvgIpc) is 3.04. The van der Waals surface area contributed by atoms with Gasteiger partial charge in [0.05, 0.1) is 0 Å². The Morgan fingerprint density at radius 2 is 0.822 bits per heavy atom.